The Balaban J connectivity index is 1.84. The number of rotatable bonds is 5. The van der Waals surface area contributed by atoms with E-state index in [1.165, 1.54) is 17.8 Å². The highest BCUT2D eigenvalue weighted by molar-refractivity contribution is 7.20. The fraction of sp³-hybridized carbons (Fsp3) is 0.379. The zero-order chi connectivity index (χ0) is 24.3. The van der Waals surface area contributed by atoms with Crippen molar-refractivity contribution in [3.05, 3.63) is 77.4 Å². The summed E-state index contributed by atoms with van der Waals surface area (Å²) in [4.78, 5) is 30.1. The molecule has 0 bridgehead atoms. The Kier molecular flexibility index (Phi) is 7.22. The second-order valence-corrected chi connectivity index (χ2v) is 11.1. The standard InChI is InChI=1S/C29H33NO3S/c1-20-15-17-22(18-16-20)26(31)30(23-13-9-6-10-14-23)27-24(28(32)33-29(2,3)4)19-25(34-27)21-11-7-5-8-12-21/h5,7-8,11-12,15-19,23H,6,9-10,13-14H2,1-4H3. The Morgan fingerprint density at radius 2 is 1.59 bits per heavy atom. The number of nitrogens with zero attached hydrogens (tertiary/aromatic N) is 1. The van der Waals surface area contributed by atoms with Crippen LogP contribution < -0.4 is 4.90 Å². The number of carbonyl (C=O) groups is 2. The molecule has 0 spiro atoms. The SMILES string of the molecule is Cc1ccc(C(=O)N(c2sc(-c3ccccc3)cc2C(=O)OC(C)(C)C)C2CCCCC2)cc1. The Labute approximate surface area is 206 Å². The Morgan fingerprint density at radius 1 is 0.941 bits per heavy atom. The van der Waals surface area contributed by atoms with Gasteiger partial charge in [-0.25, -0.2) is 4.79 Å². The van der Waals surface area contributed by atoms with Gasteiger partial charge in [0.2, 0.25) is 0 Å². The molecule has 2 aromatic carbocycles. The van der Waals surface area contributed by atoms with Crippen LogP contribution in [0.1, 0.15) is 79.2 Å². The molecule has 5 heteroatoms. The average molecular weight is 476 g/mol. The van der Waals surface area contributed by atoms with Crippen molar-refractivity contribution in [2.45, 2.75) is 71.4 Å². The number of thiophene rings is 1. The Morgan fingerprint density at radius 3 is 2.21 bits per heavy atom. The van der Waals surface area contributed by atoms with Crippen LogP contribution in [0.5, 0.6) is 0 Å². The van der Waals surface area contributed by atoms with E-state index < -0.39 is 11.6 Å². The molecule has 0 aliphatic heterocycles. The Hall–Kier alpha value is -2.92. The maximum atomic E-state index is 13.9. The molecule has 34 heavy (non-hydrogen) atoms. The fourth-order valence-corrected chi connectivity index (χ4v) is 5.60. The van der Waals surface area contributed by atoms with Gasteiger partial charge in [-0.15, -0.1) is 11.3 Å². The molecule has 0 unspecified atom stereocenters. The van der Waals surface area contributed by atoms with Crippen molar-refractivity contribution in [2.75, 3.05) is 4.90 Å². The highest BCUT2D eigenvalue weighted by Crippen LogP contribution is 2.42. The van der Waals surface area contributed by atoms with Crippen LogP contribution in [0.3, 0.4) is 0 Å². The summed E-state index contributed by atoms with van der Waals surface area (Å²) in [7, 11) is 0. The number of anilines is 1. The number of hydrogen-bond acceptors (Lipinski definition) is 4. The van der Waals surface area contributed by atoms with E-state index in [1.54, 1.807) is 0 Å². The van der Waals surface area contributed by atoms with E-state index in [1.807, 2.05) is 93.3 Å². The van der Waals surface area contributed by atoms with Gasteiger partial charge >= 0.3 is 5.97 Å². The van der Waals surface area contributed by atoms with Crippen molar-refractivity contribution >= 4 is 28.2 Å². The lowest BCUT2D eigenvalue weighted by Gasteiger charge is -2.34. The minimum absolute atomic E-state index is 0.0572. The van der Waals surface area contributed by atoms with Crippen molar-refractivity contribution < 1.29 is 14.3 Å². The van der Waals surface area contributed by atoms with Crippen LogP contribution >= 0.6 is 11.3 Å². The molecule has 1 aromatic heterocycles. The van der Waals surface area contributed by atoms with E-state index in [2.05, 4.69) is 0 Å². The molecule has 1 aliphatic carbocycles. The largest absolute Gasteiger partial charge is 0.456 e. The smallest absolute Gasteiger partial charge is 0.341 e. The average Bonchev–Trinajstić information content (AvgIpc) is 3.25. The zero-order valence-corrected chi connectivity index (χ0v) is 21.3. The molecule has 4 rings (SSSR count). The van der Waals surface area contributed by atoms with Crippen LogP contribution in [0.2, 0.25) is 0 Å². The molecule has 0 N–H and O–H groups in total. The van der Waals surface area contributed by atoms with Gasteiger partial charge in [0, 0.05) is 16.5 Å². The summed E-state index contributed by atoms with van der Waals surface area (Å²) in [5, 5.41) is 0.686. The van der Waals surface area contributed by atoms with Crippen molar-refractivity contribution in [1.29, 1.82) is 0 Å². The van der Waals surface area contributed by atoms with Crippen LogP contribution in [0.25, 0.3) is 10.4 Å². The van der Waals surface area contributed by atoms with Crippen LogP contribution in [0.15, 0.2) is 60.7 Å². The first-order valence-electron chi connectivity index (χ1n) is 12.1. The first-order chi connectivity index (χ1) is 16.2. The van der Waals surface area contributed by atoms with E-state index in [4.69, 9.17) is 4.74 Å². The number of ether oxygens (including phenoxy) is 1. The second-order valence-electron chi connectivity index (χ2n) is 10.0. The van der Waals surface area contributed by atoms with Gasteiger partial charge in [0.15, 0.2) is 0 Å². The van der Waals surface area contributed by atoms with Crippen LogP contribution in [-0.2, 0) is 4.74 Å². The number of aryl methyl sites for hydroxylation is 1. The zero-order valence-electron chi connectivity index (χ0n) is 20.5. The maximum Gasteiger partial charge on any atom is 0.341 e. The molecule has 4 nitrogen and oxygen atoms in total. The molecule has 0 atom stereocenters. The molecule has 1 aliphatic rings. The molecular weight excluding hydrogens is 442 g/mol. The topological polar surface area (TPSA) is 46.6 Å². The van der Waals surface area contributed by atoms with Gasteiger partial charge in [0.25, 0.3) is 5.91 Å². The molecule has 1 fully saturated rings. The third-order valence-corrected chi connectivity index (χ3v) is 7.25. The summed E-state index contributed by atoms with van der Waals surface area (Å²) < 4.78 is 5.78. The lowest BCUT2D eigenvalue weighted by atomic mass is 9.93. The Bertz CT molecular complexity index is 1140. The van der Waals surface area contributed by atoms with Gasteiger partial charge in [-0.3, -0.25) is 9.69 Å². The van der Waals surface area contributed by atoms with E-state index in [-0.39, 0.29) is 11.9 Å². The van der Waals surface area contributed by atoms with Crippen LogP contribution in [0, 0.1) is 6.92 Å². The number of hydrogen-bond donors (Lipinski definition) is 0. The molecule has 3 aromatic rings. The third-order valence-electron chi connectivity index (χ3n) is 6.07. The van der Waals surface area contributed by atoms with Gasteiger partial charge in [-0.2, -0.15) is 0 Å². The highest BCUT2D eigenvalue weighted by atomic mass is 32.1. The normalized spacial score (nSPS) is 14.6. The molecule has 1 saturated carbocycles. The van der Waals surface area contributed by atoms with Gasteiger partial charge in [0.1, 0.15) is 10.6 Å². The quantitative estimate of drug-likeness (QED) is 0.356. The van der Waals surface area contributed by atoms with Crippen molar-refractivity contribution in [2.24, 2.45) is 0 Å². The number of benzene rings is 2. The summed E-state index contributed by atoms with van der Waals surface area (Å²) in [6.07, 6.45) is 5.22. The minimum Gasteiger partial charge on any atom is -0.456 e. The van der Waals surface area contributed by atoms with Crippen molar-refractivity contribution in [1.82, 2.24) is 0 Å². The summed E-state index contributed by atoms with van der Waals surface area (Å²) in [6.45, 7) is 7.61. The molecule has 0 saturated heterocycles. The van der Waals surface area contributed by atoms with Gasteiger partial charge in [-0.05, 0) is 64.3 Å². The van der Waals surface area contributed by atoms with Gasteiger partial charge < -0.3 is 4.74 Å². The molecule has 1 heterocycles. The second kappa shape index (κ2) is 10.1. The summed E-state index contributed by atoms with van der Waals surface area (Å²) in [5.74, 6) is -0.448. The minimum atomic E-state index is -0.625. The van der Waals surface area contributed by atoms with E-state index in [0.29, 0.717) is 16.1 Å². The lowest BCUT2D eigenvalue weighted by Crippen LogP contribution is -2.42. The van der Waals surface area contributed by atoms with E-state index >= 15 is 0 Å². The van der Waals surface area contributed by atoms with E-state index in [0.717, 1.165) is 41.7 Å². The maximum absolute atomic E-state index is 13.9. The van der Waals surface area contributed by atoms with Gasteiger partial charge in [0.05, 0.1) is 5.56 Å². The predicted molar refractivity (Wildman–Crippen MR) is 140 cm³/mol. The predicted octanol–water partition coefficient (Wildman–Crippen LogP) is 7.66. The first kappa shape index (κ1) is 24.2. The van der Waals surface area contributed by atoms with Crippen LogP contribution in [0.4, 0.5) is 5.00 Å². The molecule has 0 radical (unpaired) electrons. The van der Waals surface area contributed by atoms with Crippen LogP contribution in [-0.4, -0.2) is 23.5 Å². The monoisotopic (exact) mass is 475 g/mol. The molecule has 178 valence electrons. The summed E-state index contributed by atoms with van der Waals surface area (Å²) in [5.41, 5.74) is 2.61. The van der Waals surface area contributed by atoms with Crippen molar-refractivity contribution in [3.63, 3.8) is 0 Å². The fourth-order valence-electron chi connectivity index (χ4n) is 4.38. The first-order valence-corrected chi connectivity index (χ1v) is 12.9. The molecule has 1 amide bonds. The van der Waals surface area contributed by atoms with Gasteiger partial charge in [-0.1, -0.05) is 67.3 Å². The lowest BCUT2D eigenvalue weighted by molar-refractivity contribution is 0.00709. The number of esters is 1. The molecular formula is C29H33NO3S. The number of amides is 1. The van der Waals surface area contributed by atoms with E-state index in [9.17, 15) is 9.59 Å². The number of carbonyl (C=O) groups excluding carboxylic acids is 2. The summed E-state index contributed by atoms with van der Waals surface area (Å²) >= 11 is 1.50. The van der Waals surface area contributed by atoms with Crippen molar-refractivity contribution in [3.8, 4) is 10.4 Å². The summed E-state index contributed by atoms with van der Waals surface area (Å²) in [6, 6.07) is 19.6. The highest BCUT2D eigenvalue weighted by Gasteiger charge is 2.34. The third kappa shape index (κ3) is 5.58.